The monoisotopic (exact) mass is 308 g/mol. The molecule has 0 bridgehead atoms. The van der Waals surface area contributed by atoms with E-state index < -0.39 is 0 Å². The van der Waals surface area contributed by atoms with E-state index in [2.05, 4.69) is 27.3 Å². The summed E-state index contributed by atoms with van der Waals surface area (Å²) in [5.41, 5.74) is 3.17. The summed E-state index contributed by atoms with van der Waals surface area (Å²) < 4.78 is 1.73. The molecule has 1 N–H and O–H groups in total. The second-order valence-corrected chi connectivity index (χ2v) is 5.87. The Labute approximate surface area is 136 Å². The van der Waals surface area contributed by atoms with E-state index >= 15 is 0 Å². The minimum absolute atomic E-state index is 0.0495. The van der Waals surface area contributed by atoms with Crippen LogP contribution in [0.2, 0.25) is 0 Å². The first-order valence-electron chi connectivity index (χ1n) is 7.71. The molecule has 0 saturated carbocycles. The zero-order valence-corrected chi connectivity index (χ0v) is 13.2. The number of nitrogens with zero attached hydrogens (tertiary/aromatic N) is 3. The molecule has 0 aliphatic carbocycles. The highest BCUT2D eigenvalue weighted by molar-refractivity contribution is 5.96. The van der Waals surface area contributed by atoms with Gasteiger partial charge in [-0.3, -0.25) is 14.4 Å². The molecule has 1 unspecified atom stereocenters. The highest BCUT2D eigenvalue weighted by Crippen LogP contribution is 2.23. The molecular weight excluding hydrogens is 288 g/mol. The van der Waals surface area contributed by atoms with Crippen molar-refractivity contribution in [2.24, 2.45) is 0 Å². The SMILES string of the molecule is C#CCn1cc(CN(C)C2CCc3ccccc3NC2=O)cn1. The van der Waals surface area contributed by atoms with Crippen LogP contribution in [0.4, 0.5) is 5.69 Å². The van der Waals surface area contributed by atoms with Crippen LogP contribution in [0.15, 0.2) is 36.7 Å². The number of para-hydroxylation sites is 1. The summed E-state index contributed by atoms with van der Waals surface area (Å²) in [6, 6.07) is 7.83. The summed E-state index contributed by atoms with van der Waals surface area (Å²) in [5.74, 6) is 2.61. The van der Waals surface area contributed by atoms with Gasteiger partial charge in [0.2, 0.25) is 5.91 Å². The molecule has 1 aromatic carbocycles. The maximum Gasteiger partial charge on any atom is 0.241 e. The van der Waals surface area contributed by atoms with E-state index in [-0.39, 0.29) is 11.9 Å². The van der Waals surface area contributed by atoms with Gasteiger partial charge in [-0.25, -0.2) is 0 Å². The number of amides is 1. The lowest BCUT2D eigenvalue weighted by Crippen LogP contribution is -2.40. The predicted molar refractivity (Wildman–Crippen MR) is 89.7 cm³/mol. The van der Waals surface area contributed by atoms with Gasteiger partial charge >= 0.3 is 0 Å². The van der Waals surface area contributed by atoms with Gasteiger partial charge in [0.25, 0.3) is 0 Å². The molecule has 1 atom stereocenters. The first-order valence-corrected chi connectivity index (χ1v) is 7.71. The molecule has 2 aromatic rings. The van der Waals surface area contributed by atoms with Gasteiger partial charge in [-0.1, -0.05) is 24.1 Å². The van der Waals surface area contributed by atoms with Crippen molar-refractivity contribution < 1.29 is 4.79 Å². The van der Waals surface area contributed by atoms with Crippen molar-refractivity contribution in [1.82, 2.24) is 14.7 Å². The number of anilines is 1. The fourth-order valence-corrected chi connectivity index (χ4v) is 2.99. The van der Waals surface area contributed by atoms with Gasteiger partial charge in [0.05, 0.1) is 12.2 Å². The number of terminal acetylenes is 1. The summed E-state index contributed by atoms with van der Waals surface area (Å²) in [7, 11) is 1.97. The van der Waals surface area contributed by atoms with E-state index in [1.54, 1.807) is 10.9 Å². The lowest BCUT2D eigenvalue weighted by molar-refractivity contribution is -0.121. The van der Waals surface area contributed by atoms with E-state index in [4.69, 9.17) is 6.42 Å². The molecule has 5 nitrogen and oxygen atoms in total. The number of fused-ring (bicyclic) bond motifs is 1. The van der Waals surface area contributed by atoms with E-state index in [1.165, 1.54) is 5.56 Å². The van der Waals surface area contributed by atoms with Crippen molar-refractivity contribution in [3.63, 3.8) is 0 Å². The van der Waals surface area contributed by atoms with Crippen molar-refractivity contribution in [3.05, 3.63) is 47.8 Å². The van der Waals surface area contributed by atoms with Gasteiger partial charge in [0.1, 0.15) is 6.54 Å². The number of carbonyl (C=O) groups excluding carboxylic acids is 1. The molecule has 1 amide bonds. The first kappa shape index (κ1) is 15.3. The molecule has 0 saturated heterocycles. The van der Waals surface area contributed by atoms with Gasteiger partial charge in [-0.15, -0.1) is 6.42 Å². The van der Waals surface area contributed by atoms with Gasteiger partial charge in [0, 0.05) is 24.0 Å². The molecule has 2 heterocycles. The van der Waals surface area contributed by atoms with E-state index in [9.17, 15) is 4.79 Å². The standard InChI is InChI=1S/C18H20N4O/c1-3-10-22-13-14(11-19-22)12-21(2)17-9-8-15-6-4-5-7-16(15)20-18(17)23/h1,4-7,11,13,17H,8-10,12H2,2H3,(H,20,23). The van der Waals surface area contributed by atoms with Crippen LogP contribution in [0.1, 0.15) is 17.5 Å². The van der Waals surface area contributed by atoms with Gasteiger partial charge < -0.3 is 5.32 Å². The molecule has 1 aliphatic heterocycles. The zero-order chi connectivity index (χ0) is 16.2. The van der Waals surface area contributed by atoms with E-state index in [0.717, 1.165) is 24.1 Å². The second-order valence-electron chi connectivity index (χ2n) is 5.87. The third kappa shape index (κ3) is 3.43. The summed E-state index contributed by atoms with van der Waals surface area (Å²) in [4.78, 5) is 14.6. The Balaban J connectivity index is 1.69. The fraction of sp³-hybridized carbons (Fsp3) is 0.333. The fourth-order valence-electron chi connectivity index (χ4n) is 2.99. The molecule has 23 heavy (non-hydrogen) atoms. The Morgan fingerprint density at radius 3 is 3.13 bits per heavy atom. The third-order valence-corrected chi connectivity index (χ3v) is 4.17. The number of rotatable bonds is 4. The van der Waals surface area contributed by atoms with Gasteiger partial charge in [-0.05, 0) is 31.5 Å². The van der Waals surface area contributed by atoms with Crippen LogP contribution in [0.25, 0.3) is 0 Å². The Morgan fingerprint density at radius 2 is 2.30 bits per heavy atom. The summed E-state index contributed by atoms with van der Waals surface area (Å²) in [6.07, 6.45) is 10.7. The summed E-state index contributed by atoms with van der Waals surface area (Å²) in [5, 5.41) is 7.26. The smallest absolute Gasteiger partial charge is 0.241 e. The Hall–Kier alpha value is -2.58. The van der Waals surface area contributed by atoms with E-state index in [0.29, 0.717) is 13.1 Å². The molecule has 5 heteroatoms. The number of hydrogen-bond acceptors (Lipinski definition) is 3. The normalized spacial score (nSPS) is 17.3. The summed E-state index contributed by atoms with van der Waals surface area (Å²) >= 11 is 0. The van der Waals surface area contributed by atoms with E-state index in [1.807, 2.05) is 31.4 Å². The molecule has 0 spiro atoms. The van der Waals surface area contributed by atoms with Crippen LogP contribution >= 0.6 is 0 Å². The van der Waals surface area contributed by atoms with Crippen LogP contribution in [0.5, 0.6) is 0 Å². The minimum Gasteiger partial charge on any atom is -0.324 e. The number of carbonyl (C=O) groups is 1. The molecule has 3 rings (SSSR count). The van der Waals surface area contributed by atoms with Gasteiger partial charge in [-0.2, -0.15) is 5.10 Å². The third-order valence-electron chi connectivity index (χ3n) is 4.17. The number of nitrogens with one attached hydrogen (secondary N) is 1. The van der Waals surface area contributed by atoms with Crippen molar-refractivity contribution in [3.8, 4) is 12.3 Å². The number of aryl methyl sites for hydroxylation is 1. The van der Waals surface area contributed by atoms with Crippen LogP contribution in [0, 0.1) is 12.3 Å². The van der Waals surface area contributed by atoms with Crippen LogP contribution < -0.4 is 5.32 Å². The van der Waals surface area contributed by atoms with Crippen molar-refractivity contribution in [1.29, 1.82) is 0 Å². The Kier molecular flexibility index (Phi) is 4.45. The average Bonchev–Trinajstić information content (AvgIpc) is 2.88. The Morgan fingerprint density at radius 1 is 1.48 bits per heavy atom. The molecule has 118 valence electrons. The molecule has 0 fully saturated rings. The maximum atomic E-state index is 12.5. The van der Waals surface area contributed by atoms with Crippen LogP contribution in [-0.4, -0.2) is 33.7 Å². The van der Waals surface area contributed by atoms with Crippen molar-refractivity contribution >= 4 is 11.6 Å². The number of benzene rings is 1. The van der Waals surface area contributed by atoms with Crippen molar-refractivity contribution in [2.45, 2.75) is 32.0 Å². The predicted octanol–water partition coefficient (Wildman–Crippen LogP) is 1.90. The first-order chi connectivity index (χ1) is 11.2. The molecule has 1 aromatic heterocycles. The topological polar surface area (TPSA) is 50.2 Å². The minimum atomic E-state index is -0.154. The highest BCUT2D eigenvalue weighted by Gasteiger charge is 2.27. The molecule has 0 radical (unpaired) electrons. The number of hydrogen-bond donors (Lipinski definition) is 1. The van der Waals surface area contributed by atoms with Crippen molar-refractivity contribution in [2.75, 3.05) is 12.4 Å². The zero-order valence-electron chi connectivity index (χ0n) is 13.2. The average molecular weight is 308 g/mol. The number of likely N-dealkylation sites (N-methyl/N-ethyl adjacent to an activating group) is 1. The lowest BCUT2D eigenvalue weighted by Gasteiger charge is -2.25. The summed E-state index contributed by atoms with van der Waals surface area (Å²) in [6.45, 7) is 1.13. The lowest BCUT2D eigenvalue weighted by atomic mass is 10.0. The highest BCUT2D eigenvalue weighted by atomic mass is 16.2. The van der Waals surface area contributed by atoms with Crippen LogP contribution in [-0.2, 0) is 24.3 Å². The van der Waals surface area contributed by atoms with Crippen LogP contribution in [0.3, 0.4) is 0 Å². The maximum absolute atomic E-state index is 12.5. The molecular formula is C18H20N4O. The molecule has 1 aliphatic rings. The Bertz CT molecular complexity index is 743. The number of aromatic nitrogens is 2. The van der Waals surface area contributed by atoms with Gasteiger partial charge in [0.15, 0.2) is 0 Å². The second kappa shape index (κ2) is 6.67. The largest absolute Gasteiger partial charge is 0.324 e. The quantitative estimate of drug-likeness (QED) is 0.878.